The van der Waals surface area contributed by atoms with Crippen molar-refractivity contribution in [1.29, 1.82) is 0 Å². The zero-order valence-electron chi connectivity index (χ0n) is 15.9. The number of carboxylic acid groups (broad SMARTS) is 1. The molecule has 2 N–H and O–H groups in total. The van der Waals surface area contributed by atoms with E-state index in [9.17, 15) is 9.59 Å². The molecule has 7 heteroatoms. The van der Waals surface area contributed by atoms with Gasteiger partial charge in [-0.15, -0.1) is 11.3 Å². The summed E-state index contributed by atoms with van der Waals surface area (Å²) in [5.74, 6) is -0.812. The minimum Gasteiger partial charge on any atom is -0.480 e. The van der Waals surface area contributed by atoms with E-state index in [1.165, 1.54) is 10.1 Å². The van der Waals surface area contributed by atoms with Crippen molar-refractivity contribution in [2.24, 2.45) is 0 Å². The van der Waals surface area contributed by atoms with E-state index in [1.54, 1.807) is 11.3 Å². The Bertz CT molecular complexity index is 774. The second kappa shape index (κ2) is 8.71. The van der Waals surface area contributed by atoms with Gasteiger partial charge in [-0.05, 0) is 50.8 Å². The van der Waals surface area contributed by atoms with Crippen LogP contribution in [0.4, 0.5) is 4.79 Å². The van der Waals surface area contributed by atoms with Gasteiger partial charge in [-0.25, -0.2) is 4.79 Å². The summed E-state index contributed by atoms with van der Waals surface area (Å²) in [6, 6.07) is 10.5. The number of carboxylic acids is 1. The fourth-order valence-electron chi connectivity index (χ4n) is 3.63. The van der Waals surface area contributed by atoms with Crippen molar-refractivity contribution in [2.45, 2.75) is 38.3 Å². The first-order valence-electron chi connectivity index (χ1n) is 9.40. The van der Waals surface area contributed by atoms with Gasteiger partial charge >= 0.3 is 12.0 Å². The lowest BCUT2D eigenvalue weighted by Gasteiger charge is -2.26. The van der Waals surface area contributed by atoms with Gasteiger partial charge in [0, 0.05) is 28.7 Å². The number of likely N-dealkylation sites (tertiary alicyclic amines) is 1. The van der Waals surface area contributed by atoms with Crippen LogP contribution in [0.5, 0.6) is 0 Å². The van der Waals surface area contributed by atoms with Gasteiger partial charge < -0.3 is 15.3 Å². The maximum Gasteiger partial charge on any atom is 0.317 e. The van der Waals surface area contributed by atoms with Crippen molar-refractivity contribution in [3.05, 3.63) is 35.2 Å². The van der Waals surface area contributed by atoms with Crippen molar-refractivity contribution in [3.63, 3.8) is 0 Å². The molecule has 1 aromatic carbocycles. The van der Waals surface area contributed by atoms with Crippen LogP contribution in [0.25, 0.3) is 10.1 Å². The molecule has 1 aromatic heterocycles. The van der Waals surface area contributed by atoms with Gasteiger partial charge in [-0.2, -0.15) is 0 Å². The smallest absolute Gasteiger partial charge is 0.317 e. The number of likely N-dealkylation sites (N-methyl/N-ethyl adjacent to an activating group) is 1. The van der Waals surface area contributed by atoms with Crippen molar-refractivity contribution < 1.29 is 14.7 Å². The third-order valence-corrected chi connectivity index (χ3v) is 6.50. The monoisotopic (exact) mass is 389 g/mol. The Morgan fingerprint density at radius 3 is 2.85 bits per heavy atom. The first kappa shape index (κ1) is 19.6. The maximum atomic E-state index is 12.7. The molecule has 2 aromatic rings. The van der Waals surface area contributed by atoms with Gasteiger partial charge in [0.15, 0.2) is 0 Å². The second-order valence-corrected chi connectivity index (χ2v) is 8.35. The van der Waals surface area contributed by atoms with Crippen LogP contribution in [0, 0.1) is 0 Å². The normalized spacial score (nSPS) is 19.1. The predicted octanol–water partition coefficient (Wildman–Crippen LogP) is 3.54. The second-order valence-electron chi connectivity index (χ2n) is 7.24. The zero-order chi connectivity index (χ0) is 19.4. The van der Waals surface area contributed by atoms with Crippen LogP contribution in [0.3, 0.4) is 0 Å². The van der Waals surface area contributed by atoms with Gasteiger partial charge in [-0.3, -0.25) is 9.69 Å². The third-order valence-electron chi connectivity index (χ3n) is 5.20. The molecule has 0 bridgehead atoms. The summed E-state index contributed by atoms with van der Waals surface area (Å²) in [6.07, 6.45) is 2.60. The minimum absolute atomic E-state index is 0.0383. The molecule has 1 aliphatic rings. The largest absolute Gasteiger partial charge is 0.480 e. The number of fused-ring (bicyclic) bond motifs is 1. The van der Waals surface area contributed by atoms with Crippen molar-refractivity contribution in [3.8, 4) is 0 Å². The van der Waals surface area contributed by atoms with Gasteiger partial charge in [0.05, 0.1) is 12.6 Å². The van der Waals surface area contributed by atoms with Crippen LogP contribution in [0.15, 0.2) is 30.3 Å². The minimum atomic E-state index is -0.812. The lowest BCUT2D eigenvalue weighted by atomic mass is 10.1. The molecule has 2 amide bonds. The molecule has 2 atom stereocenters. The lowest BCUT2D eigenvalue weighted by Crippen LogP contribution is -2.42. The summed E-state index contributed by atoms with van der Waals surface area (Å²) in [4.78, 5) is 28.5. The number of rotatable bonds is 5. The number of carbonyl (C=O) groups excluding carboxylic acids is 1. The highest BCUT2D eigenvalue weighted by Gasteiger charge is 2.25. The molecule has 0 spiro atoms. The number of urea groups is 1. The Morgan fingerprint density at radius 1 is 1.33 bits per heavy atom. The molecular formula is C20H27N3O3S. The van der Waals surface area contributed by atoms with Gasteiger partial charge in [0.2, 0.25) is 0 Å². The fourth-order valence-corrected chi connectivity index (χ4v) is 4.70. The van der Waals surface area contributed by atoms with Crippen molar-refractivity contribution in [2.75, 3.05) is 26.7 Å². The number of amides is 2. The van der Waals surface area contributed by atoms with E-state index in [2.05, 4.69) is 23.5 Å². The SMILES string of the molecule is CC(NC(=O)N1CCCC(N(C)CC(=O)O)CC1)c1cc2ccccc2s1. The molecule has 2 unspecified atom stereocenters. The molecule has 2 heterocycles. The van der Waals surface area contributed by atoms with Crippen LogP contribution < -0.4 is 5.32 Å². The molecule has 146 valence electrons. The number of aliphatic carboxylic acids is 1. The van der Waals surface area contributed by atoms with Gasteiger partial charge in [0.25, 0.3) is 0 Å². The Balaban J connectivity index is 1.56. The molecule has 0 saturated carbocycles. The number of thiophene rings is 1. The molecule has 1 saturated heterocycles. The standard InChI is InChI=1S/C20H27N3O3S/c1-14(18-12-15-6-3-4-8-17(15)27-18)21-20(26)23-10-5-7-16(9-11-23)22(2)13-19(24)25/h3-4,6,8,12,14,16H,5,7,9-11,13H2,1-2H3,(H,21,26)(H,24,25). The number of hydrogen-bond donors (Lipinski definition) is 2. The van der Waals surface area contributed by atoms with E-state index in [4.69, 9.17) is 5.11 Å². The number of benzene rings is 1. The van der Waals surface area contributed by atoms with Crippen molar-refractivity contribution in [1.82, 2.24) is 15.1 Å². The summed E-state index contributed by atoms with van der Waals surface area (Å²) < 4.78 is 1.23. The van der Waals surface area contributed by atoms with E-state index in [0.717, 1.165) is 24.1 Å². The van der Waals surface area contributed by atoms with E-state index >= 15 is 0 Å². The van der Waals surface area contributed by atoms with Gasteiger partial charge in [0.1, 0.15) is 0 Å². The highest BCUT2D eigenvalue weighted by Crippen LogP contribution is 2.29. The van der Waals surface area contributed by atoms with E-state index in [-0.39, 0.29) is 24.7 Å². The average Bonchev–Trinajstić information content (AvgIpc) is 2.90. The molecule has 1 aliphatic heterocycles. The van der Waals surface area contributed by atoms with Crippen LogP contribution >= 0.6 is 11.3 Å². The van der Waals surface area contributed by atoms with Crippen molar-refractivity contribution >= 4 is 33.4 Å². The first-order valence-corrected chi connectivity index (χ1v) is 10.2. The Labute approximate surface area is 163 Å². The molecule has 3 rings (SSSR count). The molecule has 1 fully saturated rings. The number of carbonyl (C=O) groups is 2. The highest BCUT2D eigenvalue weighted by molar-refractivity contribution is 7.19. The molecule has 0 aliphatic carbocycles. The molecular weight excluding hydrogens is 362 g/mol. The lowest BCUT2D eigenvalue weighted by molar-refractivity contribution is -0.138. The number of nitrogens with zero attached hydrogens (tertiary/aromatic N) is 2. The summed E-state index contributed by atoms with van der Waals surface area (Å²) in [5, 5.41) is 13.3. The number of nitrogens with one attached hydrogen (secondary N) is 1. The first-order chi connectivity index (χ1) is 12.9. The average molecular weight is 390 g/mol. The highest BCUT2D eigenvalue weighted by atomic mass is 32.1. The van der Waals surface area contributed by atoms with Crippen LogP contribution in [0.2, 0.25) is 0 Å². The van der Waals surface area contributed by atoms with Crippen LogP contribution in [0.1, 0.15) is 37.1 Å². The molecule has 0 radical (unpaired) electrons. The van der Waals surface area contributed by atoms with Gasteiger partial charge in [-0.1, -0.05) is 18.2 Å². The van der Waals surface area contributed by atoms with E-state index < -0.39 is 5.97 Å². The van der Waals surface area contributed by atoms with Crippen LogP contribution in [-0.4, -0.2) is 59.6 Å². The predicted molar refractivity (Wildman–Crippen MR) is 108 cm³/mol. The Morgan fingerprint density at radius 2 is 2.11 bits per heavy atom. The van der Waals surface area contributed by atoms with E-state index in [0.29, 0.717) is 13.1 Å². The Kier molecular flexibility index (Phi) is 6.34. The Hall–Kier alpha value is -2.12. The quantitative estimate of drug-likeness (QED) is 0.820. The topological polar surface area (TPSA) is 72.9 Å². The summed E-state index contributed by atoms with van der Waals surface area (Å²) >= 11 is 1.71. The molecule has 27 heavy (non-hydrogen) atoms. The zero-order valence-corrected chi connectivity index (χ0v) is 16.7. The third kappa shape index (κ3) is 4.99. The maximum absolute atomic E-state index is 12.7. The number of hydrogen-bond acceptors (Lipinski definition) is 4. The van der Waals surface area contributed by atoms with Crippen LogP contribution in [-0.2, 0) is 4.79 Å². The fraction of sp³-hybridized carbons (Fsp3) is 0.500. The molecule has 6 nitrogen and oxygen atoms in total. The van der Waals surface area contributed by atoms with E-state index in [1.807, 2.05) is 35.9 Å². The summed E-state index contributed by atoms with van der Waals surface area (Å²) in [5.41, 5.74) is 0. The summed E-state index contributed by atoms with van der Waals surface area (Å²) in [7, 11) is 1.85. The summed E-state index contributed by atoms with van der Waals surface area (Å²) in [6.45, 7) is 3.42.